The van der Waals surface area contributed by atoms with E-state index in [-0.39, 0.29) is 11.9 Å². The first-order valence-corrected chi connectivity index (χ1v) is 10.9. The summed E-state index contributed by atoms with van der Waals surface area (Å²) in [5.74, 6) is 0.696. The van der Waals surface area contributed by atoms with E-state index in [1.807, 2.05) is 73.7 Å². The van der Waals surface area contributed by atoms with Gasteiger partial charge in [-0.05, 0) is 66.5 Å². The molecule has 4 rings (SSSR count). The van der Waals surface area contributed by atoms with Crippen LogP contribution in [0.1, 0.15) is 54.5 Å². The van der Waals surface area contributed by atoms with Crippen LogP contribution < -0.4 is 10.1 Å². The maximum atomic E-state index is 13.2. The summed E-state index contributed by atoms with van der Waals surface area (Å²) in [7, 11) is 0. The standard InChI is InChI=1S/C27H29NO2/c1-2-25(30-24-18-17-20-11-9-10-16-23(20)19-24)27(29)28-26(21-12-5-3-6-13-21)22-14-7-4-8-15-22/h3-8,12-15,17-19,25-26H,2,9-11,16H2,1H3,(H,28,29)/t25-/m1/s1. The van der Waals surface area contributed by atoms with Crippen molar-refractivity contribution in [2.75, 3.05) is 0 Å². The molecule has 0 heterocycles. The monoisotopic (exact) mass is 399 g/mol. The van der Waals surface area contributed by atoms with E-state index < -0.39 is 6.10 Å². The molecule has 0 saturated carbocycles. The summed E-state index contributed by atoms with van der Waals surface area (Å²) in [6.07, 6.45) is 4.81. The van der Waals surface area contributed by atoms with Gasteiger partial charge in [-0.3, -0.25) is 4.79 Å². The first kappa shape index (κ1) is 20.2. The Labute approximate surface area is 179 Å². The van der Waals surface area contributed by atoms with Crippen LogP contribution in [0.4, 0.5) is 0 Å². The number of hydrogen-bond acceptors (Lipinski definition) is 2. The fourth-order valence-corrected chi connectivity index (χ4v) is 4.15. The van der Waals surface area contributed by atoms with Crippen molar-refractivity contribution in [3.63, 3.8) is 0 Å². The number of amides is 1. The van der Waals surface area contributed by atoms with Crippen molar-refractivity contribution >= 4 is 5.91 Å². The largest absolute Gasteiger partial charge is 0.481 e. The predicted octanol–water partition coefficient (Wildman–Crippen LogP) is 5.63. The number of carbonyl (C=O) groups is 1. The first-order chi connectivity index (χ1) is 14.7. The number of nitrogens with one attached hydrogen (secondary N) is 1. The Bertz CT molecular complexity index is 929. The SMILES string of the molecule is CC[C@@H](Oc1ccc2c(c1)CCCC2)C(=O)NC(c1ccccc1)c1ccccc1. The third-order valence-electron chi connectivity index (χ3n) is 5.81. The lowest BCUT2D eigenvalue weighted by Gasteiger charge is -2.24. The van der Waals surface area contributed by atoms with Gasteiger partial charge in [-0.25, -0.2) is 0 Å². The molecule has 1 aliphatic rings. The second-order valence-corrected chi connectivity index (χ2v) is 7.92. The summed E-state index contributed by atoms with van der Waals surface area (Å²) in [6.45, 7) is 1.99. The van der Waals surface area contributed by atoms with Crippen LogP contribution in [0.15, 0.2) is 78.9 Å². The number of benzene rings is 3. The van der Waals surface area contributed by atoms with Gasteiger partial charge in [0.15, 0.2) is 6.10 Å². The number of hydrogen-bond donors (Lipinski definition) is 1. The highest BCUT2D eigenvalue weighted by Crippen LogP contribution is 2.27. The molecule has 0 radical (unpaired) electrons. The van der Waals surface area contributed by atoms with E-state index in [1.165, 1.54) is 24.0 Å². The topological polar surface area (TPSA) is 38.3 Å². The minimum Gasteiger partial charge on any atom is -0.481 e. The fourth-order valence-electron chi connectivity index (χ4n) is 4.15. The third-order valence-corrected chi connectivity index (χ3v) is 5.81. The van der Waals surface area contributed by atoms with E-state index >= 15 is 0 Å². The number of fused-ring (bicyclic) bond motifs is 1. The van der Waals surface area contributed by atoms with Gasteiger partial charge >= 0.3 is 0 Å². The molecular formula is C27H29NO2. The summed E-state index contributed by atoms with van der Waals surface area (Å²) in [4.78, 5) is 13.2. The molecule has 3 nitrogen and oxygen atoms in total. The van der Waals surface area contributed by atoms with Crippen LogP contribution in [0, 0.1) is 0 Å². The molecule has 0 saturated heterocycles. The van der Waals surface area contributed by atoms with E-state index in [1.54, 1.807) is 0 Å². The van der Waals surface area contributed by atoms with E-state index in [0.29, 0.717) is 6.42 Å². The summed E-state index contributed by atoms with van der Waals surface area (Å²) in [5, 5.41) is 3.22. The summed E-state index contributed by atoms with van der Waals surface area (Å²) in [5.41, 5.74) is 4.89. The smallest absolute Gasteiger partial charge is 0.261 e. The van der Waals surface area contributed by atoms with Gasteiger partial charge in [0.25, 0.3) is 5.91 Å². The minimum atomic E-state index is -0.526. The van der Waals surface area contributed by atoms with Crippen LogP contribution in [0.3, 0.4) is 0 Å². The Hall–Kier alpha value is -3.07. The molecular weight excluding hydrogens is 370 g/mol. The zero-order valence-corrected chi connectivity index (χ0v) is 17.5. The molecule has 30 heavy (non-hydrogen) atoms. The van der Waals surface area contributed by atoms with Gasteiger partial charge in [-0.2, -0.15) is 0 Å². The van der Waals surface area contributed by atoms with Crippen LogP contribution in [-0.2, 0) is 17.6 Å². The zero-order chi connectivity index (χ0) is 20.8. The van der Waals surface area contributed by atoms with Gasteiger partial charge in [0.1, 0.15) is 5.75 Å². The van der Waals surface area contributed by atoms with E-state index in [4.69, 9.17) is 4.74 Å². The second kappa shape index (κ2) is 9.62. The fraction of sp³-hybridized carbons (Fsp3) is 0.296. The molecule has 0 aliphatic heterocycles. The summed E-state index contributed by atoms with van der Waals surface area (Å²) < 4.78 is 6.15. The molecule has 1 amide bonds. The van der Waals surface area contributed by atoms with Crippen molar-refractivity contribution < 1.29 is 9.53 Å². The predicted molar refractivity (Wildman–Crippen MR) is 121 cm³/mol. The Morgan fingerprint density at radius 1 is 0.867 bits per heavy atom. The van der Waals surface area contributed by atoms with Crippen molar-refractivity contribution in [1.29, 1.82) is 0 Å². The van der Waals surface area contributed by atoms with Crippen molar-refractivity contribution in [2.24, 2.45) is 0 Å². The molecule has 0 aromatic heterocycles. The minimum absolute atomic E-state index is 0.0899. The highest BCUT2D eigenvalue weighted by Gasteiger charge is 2.24. The Morgan fingerprint density at radius 3 is 2.07 bits per heavy atom. The van der Waals surface area contributed by atoms with Crippen molar-refractivity contribution in [1.82, 2.24) is 5.32 Å². The van der Waals surface area contributed by atoms with Crippen LogP contribution in [0.2, 0.25) is 0 Å². The quantitative estimate of drug-likeness (QED) is 0.559. The lowest BCUT2D eigenvalue weighted by Crippen LogP contribution is -2.40. The maximum Gasteiger partial charge on any atom is 0.261 e. The maximum absolute atomic E-state index is 13.2. The molecule has 0 fully saturated rings. The van der Waals surface area contributed by atoms with Gasteiger partial charge in [-0.15, -0.1) is 0 Å². The zero-order valence-electron chi connectivity index (χ0n) is 17.5. The number of carbonyl (C=O) groups excluding carboxylic acids is 1. The van der Waals surface area contributed by atoms with Gasteiger partial charge in [0.2, 0.25) is 0 Å². The first-order valence-electron chi connectivity index (χ1n) is 10.9. The molecule has 3 aromatic rings. The lowest BCUT2D eigenvalue weighted by atomic mass is 9.92. The molecule has 1 N–H and O–H groups in total. The highest BCUT2D eigenvalue weighted by atomic mass is 16.5. The molecule has 1 atom stereocenters. The average Bonchev–Trinajstić information content (AvgIpc) is 2.82. The van der Waals surface area contributed by atoms with Crippen molar-refractivity contribution in [3.8, 4) is 5.75 Å². The van der Waals surface area contributed by atoms with E-state index in [9.17, 15) is 4.79 Å². The van der Waals surface area contributed by atoms with Crippen LogP contribution in [0.5, 0.6) is 5.75 Å². The summed E-state index contributed by atoms with van der Waals surface area (Å²) >= 11 is 0. The summed E-state index contributed by atoms with van der Waals surface area (Å²) in [6, 6.07) is 26.2. The lowest BCUT2D eigenvalue weighted by molar-refractivity contribution is -0.128. The molecule has 0 unspecified atom stereocenters. The Balaban J connectivity index is 1.52. The number of ether oxygens (including phenoxy) is 1. The van der Waals surface area contributed by atoms with Gasteiger partial charge in [0.05, 0.1) is 6.04 Å². The molecule has 0 spiro atoms. The highest BCUT2D eigenvalue weighted by molar-refractivity contribution is 5.82. The Kier molecular flexibility index (Phi) is 6.48. The van der Waals surface area contributed by atoms with Crippen molar-refractivity contribution in [3.05, 3.63) is 101 Å². The number of rotatable bonds is 7. The van der Waals surface area contributed by atoms with Gasteiger partial charge in [-0.1, -0.05) is 73.7 Å². The van der Waals surface area contributed by atoms with Gasteiger partial charge in [0, 0.05) is 0 Å². The van der Waals surface area contributed by atoms with Crippen molar-refractivity contribution in [2.45, 2.75) is 51.2 Å². The molecule has 3 aromatic carbocycles. The Morgan fingerprint density at radius 2 is 1.47 bits per heavy atom. The molecule has 154 valence electrons. The van der Waals surface area contributed by atoms with Crippen LogP contribution in [-0.4, -0.2) is 12.0 Å². The molecule has 1 aliphatic carbocycles. The van der Waals surface area contributed by atoms with Crippen LogP contribution in [0.25, 0.3) is 0 Å². The number of aryl methyl sites for hydroxylation is 2. The average molecular weight is 400 g/mol. The van der Waals surface area contributed by atoms with Gasteiger partial charge < -0.3 is 10.1 Å². The van der Waals surface area contributed by atoms with E-state index in [0.717, 1.165) is 29.7 Å². The molecule has 3 heteroatoms. The van der Waals surface area contributed by atoms with E-state index in [2.05, 4.69) is 17.4 Å². The molecule has 0 bridgehead atoms. The normalized spacial score (nSPS) is 14.1. The second-order valence-electron chi connectivity index (χ2n) is 7.92. The third kappa shape index (κ3) is 4.73. The van der Waals surface area contributed by atoms with Crippen LogP contribution >= 0.6 is 0 Å².